The fourth-order valence-corrected chi connectivity index (χ4v) is 5.92. The van der Waals surface area contributed by atoms with Gasteiger partial charge in [-0.25, -0.2) is 15.0 Å². The van der Waals surface area contributed by atoms with Crippen LogP contribution in [0.25, 0.3) is 22.6 Å². The Hall–Kier alpha value is -4.67. The fraction of sp³-hybridized carbons (Fsp3) is 0.312. The van der Waals surface area contributed by atoms with Crippen LogP contribution in [0.5, 0.6) is 5.88 Å². The zero-order valence-electron chi connectivity index (χ0n) is 23.8. The third kappa shape index (κ3) is 5.13. The van der Waals surface area contributed by atoms with Crippen molar-refractivity contribution in [2.24, 2.45) is 7.05 Å². The average Bonchev–Trinajstić information content (AvgIpc) is 3.70. The number of rotatable bonds is 7. The predicted molar refractivity (Wildman–Crippen MR) is 156 cm³/mol. The van der Waals surface area contributed by atoms with E-state index in [0.717, 1.165) is 60.2 Å². The molecule has 0 atom stereocenters. The number of hydrogen-bond donors (Lipinski definition) is 0. The van der Waals surface area contributed by atoms with Gasteiger partial charge in [-0.15, -0.1) is 0 Å². The van der Waals surface area contributed by atoms with Crippen molar-refractivity contribution < 1.29 is 17.9 Å². The van der Waals surface area contributed by atoms with Gasteiger partial charge in [0.1, 0.15) is 17.8 Å². The summed E-state index contributed by atoms with van der Waals surface area (Å²) in [5.74, 6) is 1.17. The van der Waals surface area contributed by atoms with Gasteiger partial charge in [-0.2, -0.15) is 18.3 Å². The van der Waals surface area contributed by atoms with Crippen LogP contribution < -0.4 is 9.64 Å². The van der Waals surface area contributed by atoms with Crippen molar-refractivity contribution in [1.29, 1.82) is 0 Å². The highest BCUT2D eigenvalue weighted by Gasteiger charge is 2.36. The van der Waals surface area contributed by atoms with E-state index in [1.165, 1.54) is 15.8 Å². The summed E-state index contributed by atoms with van der Waals surface area (Å²) in [5, 5.41) is 5.18. The Morgan fingerprint density at radius 2 is 1.77 bits per heavy atom. The van der Waals surface area contributed by atoms with Gasteiger partial charge in [-0.3, -0.25) is 4.68 Å². The molecule has 0 N–H and O–H groups in total. The molecule has 0 unspecified atom stereocenters. The third-order valence-corrected chi connectivity index (χ3v) is 8.20. The number of fused-ring (bicyclic) bond motifs is 1. The highest BCUT2D eigenvalue weighted by atomic mass is 19.4. The van der Waals surface area contributed by atoms with E-state index in [1.807, 2.05) is 42.5 Å². The molecular formula is C32H30F3N7O. The molecule has 0 saturated heterocycles. The first kappa shape index (κ1) is 27.2. The SMILES string of the molecule is COc1ncnc(C2CC2)c1-c1nn(Cc2ccccc2)c2c1CN(c1ccc(-c3nc(C(F)(F)F)cn3C)cc1)CC2. The van der Waals surface area contributed by atoms with Crippen LogP contribution in [0, 0.1) is 0 Å². The molecule has 2 aromatic carbocycles. The van der Waals surface area contributed by atoms with Crippen LogP contribution >= 0.6 is 0 Å². The number of benzene rings is 2. The van der Waals surface area contributed by atoms with Crippen LogP contribution in [0.4, 0.5) is 18.9 Å². The lowest BCUT2D eigenvalue weighted by atomic mass is 9.98. The summed E-state index contributed by atoms with van der Waals surface area (Å²) >= 11 is 0. The zero-order valence-corrected chi connectivity index (χ0v) is 23.8. The molecule has 3 aromatic heterocycles. The molecule has 0 radical (unpaired) electrons. The van der Waals surface area contributed by atoms with Crippen molar-refractivity contribution in [1.82, 2.24) is 29.3 Å². The van der Waals surface area contributed by atoms with Gasteiger partial charge in [-0.05, 0) is 42.7 Å². The van der Waals surface area contributed by atoms with E-state index in [1.54, 1.807) is 20.5 Å². The Morgan fingerprint density at radius 3 is 2.44 bits per heavy atom. The van der Waals surface area contributed by atoms with Crippen LogP contribution in [0.3, 0.4) is 0 Å². The minimum absolute atomic E-state index is 0.271. The average molecular weight is 586 g/mol. The number of aryl methyl sites for hydroxylation is 1. The number of nitrogens with zero attached hydrogens (tertiary/aromatic N) is 7. The second-order valence-electron chi connectivity index (χ2n) is 11.1. The standard InChI is InChI=1S/C32H30F3N7O/c1-40-18-26(32(33,34)35)38-30(40)22-10-12-23(13-11-22)41-15-14-25-24(17-41)29(39-42(25)16-20-6-4-3-5-7-20)27-28(21-8-9-21)36-19-37-31(27)43-2/h3-7,10-13,18-19,21H,8-9,14-17H2,1-2H3. The normalized spacial score (nSPS) is 15.0. The van der Waals surface area contributed by atoms with E-state index < -0.39 is 11.9 Å². The highest BCUT2D eigenvalue weighted by molar-refractivity contribution is 5.73. The molecule has 220 valence electrons. The number of hydrogen-bond acceptors (Lipinski definition) is 6. The number of halogens is 3. The monoisotopic (exact) mass is 585 g/mol. The first-order chi connectivity index (χ1) is 20.8. The molecule has 5 aromatic rings. The summed E-state index contributed by atoms with van der Waals surface area (Å²) in [6, 6.07) is 17.8. The van der Waals surface area contributed by atoms with Crippen LogP contribution in [0.2, 0.25) is 0 Å². The van der Waals surface area contributed by atoms with Crippen LogP contribution in [0.1, 0.15) is 47.0 Å². The van der Waals surface area contributed by atoms with Gasteiger partial charge in [-0.1, -0.05) is 30.3 Å². The summed E-state index contributed by atoms with van der Waals surface area (Å²) < 4.78 is 48.9. The van der Waals surface area contributed by atoms with E-state index in [9.17, 15) is 13.2 Å². The molecular weight excluding hydrogens is 555 g/mol. The Balaban J connectivity index is 1.25. The molecule has 0 bridgehead atoms. The van der Waals surface area contributed by atoms with Gasteiger partial charge in [0, 0.05) is 61.2 Å². The van der Waals surface area contributed by atoms with Gasteiger partial charge >= 0.3 is 6.18 Å². The number of ether oxygens (including phenoxy) is 1. The molecule has 7 rings (SSSR count). The smallest absolute Gasteiger partial charge is 0.434 e. The first-order valence-electron chi connectivity index (χ1n) is 14.3. The minimum Gasteiger partial charge on any atom is -0.480 e. The second kappa shape index (κ2) is 10.6. The Bertz CT molecular complexity index is 1770. The first-order valence-corrected chi connectivity index (χ1v) is 14.3. The molecule has 8 nitrogen and oxygen atoms in total. The number of methoxy groups -OCH3 is 1. The topological polar surface area (TPSA) is 73.9 Å². The lowest BCUT2D eigenvalue weighted by Gasteiger charge is -2.30. The van der Waals surface area contributed by atoms with Gasteiger partial charge < -0.3 is 14.2 Å². The number of anilines is 1. The van der Waals surface area contributed by atoms with Crippen LogP contribution in [-0.2, 0) is 32.7 Å². The molecule has 0 spiro atoms. The van der Waals surface area contributed by atoms with E-state index in [0.29, 0.717) is 30.5 Å². The van der Waals surface area contributed by atoms with Gasteiger partial charge in [0.05, 0.1) is 24.9 Å². The van der Waals surface area contributed by atoms with Crippen molar-refractivity contribution in [3.05, 3.63) is 95.3 Å². The zero-order chi connectivity index (χ0) is 29.7. The Morgan fingerprint density at radius 1 is 1.00 bits per heavy atom. The molecule has 11 heteroatoms. The number of aromatic nitrogens is 6. The van der Waals surface area contributed by atoms with E-state index in [4.69, 9.17) is 9.84 Å². The lowest BCUT2D eigenvalue weighted by molar-refractivity contribution is -0.140. The molecule has 0 amide bonds. The van der Waals surface area contributed by atoms with E-state index in [2.05, 4.69) is 36.7 Å². The highest BCUT2D eigenvalue weighted by Crippen LogP contribution is 2.47. The van der Waals surface area contributed by atoms with Crippen molar-refractivity contribution in [2.75, 3.05) is 18.6 Å². The maximum Gasteiger partial charge on any atom is 0.434 e. The fourth-order valence-electron chi connectivity index (χ4n) is 5.92. The largest absolute Gasteiger partial charge is 0.480 e. The van der Waals surface area contributed by atoms with Gasteiger partial charge in [0.2, 0.25) is 5.88 Å². The van der Waals surface area contributed by atoms with E-state index >= 15 is 0 Å². The van der Waals surface area contributed by atoms with Crippen molar-refractivity contribution in [3.8, 4) is 28.5 Å². The lowest BCUT2D eigenvalue weighted by Crippen LogP contribution is -2.31. The molecule has 1 fully saturated rings. The van der Waals surface area contributed by atoms with Gasteiger partial charge in [0.25, 0.3) is 0 Å². The van der Waals surface area contributed by atoms with Crippen molar-refractivity contribution in [2.45, 2.75) is 44.4 Å². The van der Waals surface area contributed by atoms with Crippen LogP contribution in [-0.4, -0.2) is 43.0 Å². The number of imidazole rings is 1. The predicted octanol–water partition coefficient (Wildman–Crippen LogP) is 6.26. The maximum absolute atomic E-state index is 13.2. The maximum atomic E-state index is 13.2. The number of alkyl halides is 3. The van der Waals surface area contributed by atoms with E-state index in [-0.39, 0.29) is 5.82 Å². The molecule has 43 heavy (non-hydrogen) atoms. The van der Waals surface area contributed by atoms with Crippen LogP contribution in [0.15, 0.2) is 67.1 Å². The van der Waals surface area contributed by atoms with Gasteiger partial charge in [0.15, 0.2) is 5.69 Å². The molecule has 1 aliphatic heterocycles. The summed E-state index contributed by atoms with van der Waals surface area (Å²) in [6.07, 6.45) is 1.03. The third-order valence-electron chi connectivity index (χ3n) is 8.20. The second-order valence-corrected chi connectivity index (χ2v) is 11.1. The molecule has 1 saturated carbocycles. The Kier molecular flexibility index (Phi) is 6.67. The molecule has 4 heterocycles. The summed E-state index contributed by atoms with van der Waals surface area (Å²) in [6.45, 7) is 2.03. The Labute approximate surface area is 246 Å². The summed E-state index contributed by atoms with van der Waals surface area (Å²) in [5.41, 5.74) is 6.84. The van der Waals surface area contributed by atoms with Crippen molar-refractivity contribution in [3.63, 3.8) is 0 Å². The minimum atomic E-state index is -4.49. The summed E-state index contributed by atoms with van der Waals surface area (Å²) in [4.78, 5) is 15.2. The molecule has 1 aliphatic carbocycles. The van der Waals surface area contributed by atoms with Crippen molar-refractivity contribution >= 4 is 5.69 Å². The molecule has 2 aliphatic rings. The summed E-state index contributed by atoms with van der Waals surface area (Å²) in [7, 11) is 3.20. The quantitative estimate of drug-likeness (QED) is 0.225.